The number of hydrogen-bond donors (Lipinski definition) is 2. The van der Waals surface area contributed by atoms with Crippen LogP contribution in [0.4, 0.5) is 0 Å². The molecule has 1 unspecified atom stereocenters. The molecule has 0 saturated carbocycles. The van der Waals surface area contributed by atoms with Crippen molar-refractivity contribution in [2.24, 2.45) is 4.99 Å². The number of aliphatic imine (C=N–C) groups is 1. The van der Waals surface area contributed by atoms with Gasteiger partial charge in [-0.25, -0.2) is 4.99 Å². The van der Waals surface area contributed by atoms with E-state index in [1.54, 1.807) is 0 Å². The lowest BCUT2D eigenvalue weighted by Gasteiger charge is -2.13. The quantitative estimate of drug-likeness (QED) is 0.757. The fraction of sp³-hybridized carbons (Fsp3) is 0.353. The number of H-pyrrole nitrogens is 1. The summed E-state index contributed by atoms with van der Waals surface area (Å²) in [6, 6.07) is 8.66. The van der Waals surface area contributed by atoms with Crippen molar-refractivity contribution in [2.45, 2.75) is 39.7 Å². The van der Waals surface area contributed by atoms with Gasteiger partial charge in [0, 0.05) is 34.4 Å². The van der Waals surface area contributed by atoms with E-state index in [-0.39, 0.29) is 0 Å². The highest BCUT2D eigenvalue weighted by atomic mass is 15.0. The fourth-order valence-electron chi connectivity index (χ4n) is 2.46. The number of fused-ring (bicyclic) bond motifs is 1. The zero-order valence-corrected chi connectivity index (χ0v) is 12.5. The highest BCUT2D eigenvalue weighted by Crippen LogP contribution is 2.18. The molecule has 106 valence electrons. The third kappa shape index (κ3) is 3.29. The maximum Gasteiger partial charge on any atom is 0.119 e. The third-order valence-electron chi connectivity index (χ3n) is 3.42. The molecule has 0 spiro atoms. The largest absolute Gasteiger partial charge is 0.368 e. The van der Waals surface area contributed by atoms with Gasteiger partial charge < -0.3 is 10.3 Å². The van der Waals surface area contributed by atoms with Crippen LogP contribution in [0.2, 0.25) is 0 Å². The Labute approximate surface area is 120 Å². The van der Waals surface area contributed by atoms with Crippen molar-refractivity contribution in [3.05, 3.63) is 48.4 Å². The minimum atomic E-state index is 0.409. The number of nitrogens with zero attached hydrogens (tertiary/aromatic N) is 1. The molecule has 20 heavy (non-hydrogen) atoms. The smallest absolute Gasteiger partial charge is 0.119 e. The normalized spacial score (nSPS) is 13.4. The lowest BCUT2D eigenvalue weighted by molar-refractivity contribution is 0.558. The van der Waals surface area contributed by atoms with Crippen LogP contribution in [0.1, 0.15) is 39.2 Å². The molecule has 3 nitrogen and oxygen atoms in total. The van der Waals surface area contributed by atoms with Gasteiger partial charge in [-0.2, -0.15) is 0 Å². The lowest BCUT2D eigenvalue weighted by atomic mass is 10.1. The Kier molecular flexibility index (Phi) is 4.61. The second kappa shape index (κ2) is 6.42. The highest BCUT2D eigenvalue weighted by molar-refractivity contribution is 6.09. The molecule has 0 aliphatic rings. The van der Waals surface area contributed by atoms with Crippen LogP contribution in [0.25, 0.3) is 10.9 Å². The molecule has 0 amide bonds. The number of rotatable bonds is 6. The molecule has 0 saturated heterocycles. The zero-order chi connectivity index (χ0) is 14.5. The second-order valence-electron chi connectivity index (χ2n) is 5.23. The average molecular weight is 269 g/mol. The summed E-state index contributed by atoms with van der Waals surface area (Å²) in [6.45, 7) is 10.4. The van der Waals surface area contributed by atoms with Gasteiger partial charge in [0.05, 0.1) is 0 Å². The van der Waals surface area contributed by atoms with Gasteiger partial charge in [-0.15, -0.1) is 0 Å². The molecule has 0 aliphatic heterocycles. The van der Waals surface area contributed by atoms with E-state index in [1.807, 2.05) is 25.3 Å². The molecule has 0 fully saturated rings. The number of hydrogen-bond acceptors (Lipinski definition) is 2. The van der Waals surface area contributed by atoms with Crippen molar-refractivity contribution in [3.8, 4) is 0 Å². The van der Waals surface area contributed by atoms with Crippen LogP contribution in [0.15, 0.2) is 47.9 Å². The van der Waals surface area contributed by atoms with Crippen molar-refractivity contribution in [2.75, 3.05) is 0 Å². The molecule has 1 aromatic carbocycles. The second-order valence-corrected chi connectivity index (χ2v) is 5.23. The number of para-hydroxylation sites is 1. The van der Waals surface area contributed by atoms with Crippen LogP contribution < -0.4 is 5.32 Å². The Bertz CT molecular complexity index is 622. The first-order chi connectivity index (χ1) is 9.61. The number of aromatic amines is 1. The Balaban J connectivity index is 2.16. The predicted molar refractivity (Wildman–Crippen MR) is 87.2 cm³/mol. The van der Waals surface area contributed by atoms with Gasteiger partial charge in [-0.05, 0) is 26.3 Å². The number of aromatic nitrogens is 1. The summed E-state index contributed by atoms with van der Waals surface area (Å²) in [5, 5.41) is 4.53. The molecule has 0 bridgehead atoms. The minimum Gasteiger partial charge on any atom is -0.368 e. The molecular formula is C17H23N3. The van der Waals surface area contributed by atoms with Crippen LogP contribution in [0, 0.1) is 0 Å². The first-order valence-electron chi connectivity index (χ1n) is 7.19. The van der Waals surface area contributed by atoms with Crippen molar-refractivity contribution < 1.29 is 0 Å². The van der Waals surface area contributed by atoms with Crippen LogP contribution in [0.5, 0.6) is 0 Å². The highest BCUT2D eigenvalue weighted by Gasteiger charge is 2.07. The van der Waals surface area contributed by atoms with E-state index in [1.165, 1.54) is 5.39 Å². The van der Waals surface area contributed by atoms with Gasteiger partial charge in [0.25, 0.3) is 0 Å². The van der Waals surface area contributed by atoms with E-state index < -0.39 is 0 Å². The van der Waals surface area contributed by atoms with E-state index in [0.717, 1.165) is 35.5 Å². The first kappa shape index (κ1) is 14.4. The molecule has 0 aliphatic carbocycles. The van der Waals surface area contributed by atoms with Gasteiger partial charge in [-0.3, -0.25) is 0 Å². The van der Waals surface area contributed by atoms with Crippen LogP contribution in [-0.4, -0.2) is 16.7 Å². The molecule has 0 radical (unpaired) electrons. The van der Waals surface area contributed by atoms with E-state index in [9.17, 15) is 0 Å². The Morgan fingerprint density at radius 3 is 2.90 bits per heavy atom. The molecule has 2 rings (SSSR count). The SMILES string of the molecule is C=C(N=C(C)c1c[nH]c2ccccc12)NC(C)CCC. The standard InChI is InChI=1S/C17H23N3/c1-5-8-12(2)19-14(4)20-13(3)16-11-18-17-10-7-6-9-15(16)17/h6-7,9-12,18-19H,4-5,8H2,1-3H3. The van der Waals surface area contributed by atoms with Crippen molar-refractivity contribution in [1.29, 1.82) is 0 Å². The van der Waals surface area contributed by atoms with Crippen LogP contribution in [0.3, 0.4) is 0 Å². The maximum absolute atomic E-state index is 4.58. The summed E-state index contributed by atoms with van der Waals surface area (Å²) in [7, 11) is 0. The number of benzene rings is 1. The summed E-state index contributed by atoms with van der Waals surface area (Å²) in [4.78, 5) is 7.86. The van der Waals surface area contributed by atoms with Crippen LogP contribution >= 0.6 is 0 Å². The summed E-state index contributed by atoms with van der Waals surface area (Å²) >= 11 is 0. The Morgan fingerprint density at radius 2 is 2.15 bits per heavy atom. The minimum absolute atomic E-state index is 0.409. The van der Waals surface area contributed by atoms with E-state index in [0.29, 0.717) is 6.04 Å². The molecule has 1 aromatic heterocycles. The fourth-order valence-corrected chi connectivity index (χ4v) is 2.46. The number of nitrogens with one attached hydrogen (secondary N) is 2. The summed E-state index contributed by atoms with van der Waals surface area (Å²) < 4.78 is 0. The predicted octanol–water partition coefficient (Wildman–Crippen LogP) is 4.23. The summed E-state index contributed by atoms with van der Waals surface area (Å²) in [6.07, 6.45) is 4.29. The van der Waals surface area contributed by atoms with Gasteiger partial charge in [0.1, 0.15) is 5.82 Å². The molecule has 2 aromatic rings. The molecule has 2 N–H and O–H groups in total. The molecule has 1 atom stereocenters. The van der Waals surface area contributed by atoms with E-state index in [4.69, 9.17) is 0 Å². The Hall–Kier alpha value is -2.03. The molecule has 1 heterocycles. The van der Waals surface area contributed by atoms with Crippen LogP contribution in [-0.2, 0) is 0 Å². The first-order valence-corrected chi connectivity index (χ1v) is 7.19. The van der Waals surface area contributed by atoms with E-state index >= 15 is 0 Å². The van der Waals surface area contributed by atoms with E-state index in [2.05, 4.69) is 47.9 Å². The summed E-state index contributed by atoms with van der Waals surface area (Å²) in [5.74, 6) is 0.730. The van der Waals surface area contributed by atoms with Gasteiger partial charge in [-0.1, -0.05) is 38.1 Å². The molecule has 3 heteroatoms. The average Bonchev–Trinajstić information content (AvgIpc) is 2.82. The third-order valence-corrected chi connectivity index (χ3v) is 3.42. The summed E-state index contributed by atoms with van der Waals surface area (Å²) in [5.41, 5.74) is 3.24. The topological polar surface area (TPSA) is 40.2 Å². The van der Waals surface area contributed by atoms with Crippen molar-refractivity contribution in [3.63, 3.8) is 0 Å². The lowest BCUT2D eigenvalue weighted by Crippen LogP contribution is -2.24. The molecular weight excluding hydrogens is 246 g/mol. The zero-order valence-electron chi connectivity index (χ0n) is 12.5. The van der Waals surface area contributed by atoms with Gasteiger partial charge in [0.15, 0.2) is 0 Å². The van der Waals surface area contributed by atoms with Crippen molar-refractivity contribution in [1.82, 2.24) is 10.3 Å². The maximum atomic E-state index is 4.58. The Morgan fingerprint density at radius 1 is 1.40 bits per heavy atom. The van der Waals surface area contributed by atoms with Gasteiger partial charge in [0.2, 0.25) is 0 Å². The van der Waals surface area contributed by atoms with Crippen molar-refractivity contribution >= 4 is 16.6 Å². The van der Waals surface area contributed by atoms with Gasteiger partial charge >= 0.3 is 0 Å². The monoisotopic (exact) mass is 269 g/mol.